The van der Waals surface area contributed by atoms with Gasteiger partial charge in [-0.15, -0.1) is 23.1 Å². The Bertz CT molecular complexity index is 356. The molecule has 1 aromatic heterocycles. The van der Waals surface area contributed by atoms with E-state index in [9.17, 15) is 0 Å². The summed E-state index contributed by atoms with van der Waals surface area (Å²) in [5.74, 6) is 0. The average molecular weight is 257 g/mol. The number of fused-ring (bicyclic) bond motifs is 1. The van der Waals surface area contributed by atoms with Crippen molar-refractivity contribution in [1.82, 2.24) is 5.48 Å². The number of hydrogen-bond acceptors (Lipinski definition) is 4. The van der Waals surface area contributed by atoms with Crippen molar-refractivity contribution in [2.24, 2.45) is 0 Å². The minimum Gasteiger partial charge on any atom is -0.296 e. The Kier molecular flexibility index (Phi) is 3.64. The molecule has 90 valence electrons. The maximum atomic E-state index is 5.69. The topological polar surface area (TPSA) is 21.3 Å². The van der Waals surface area contributed by atoms with Crippen molar-refractivity contribution in [2.75, 3.05) is 0 Å². The Balaban J connectivity index is 2.06. The molecule has 0 aromatic carbocycles. The SMILES string of the molecule is C[C@H]1CC(NOC(C)(C)C)c2ccsc2S1. The summed E-state index contributed by atoms with van der Waals surface area (Å²) in [4.78, 5) is 5.69. The largest absolute Gasteiger partial charge is 0.296 e. The van der Waals surface area contributed by atoms with Gasteiger partial charge in [-0.1, -0.05) is 6.92 Å². The highest BCUT2D eigenvalue weighted by Crippen LogP contribution is 2.43. The van der Waals surface area contributed by atoms with Crippen LogP contribution in [0.5, 0.6) is 0 Å². The Morgan fingerprint density at radius 3 is 2.88 bits per heavy atom. The molecule has 0 radical (unpaired) electrons. The molecule has 1 N–H and O–H groups in total. The van der Waals surface area contributed by atoms with Gasteiger partial charge < -0.3 is 0 Å². The number of hydrogen-bond donors (Lipinski definition) is 1. The molecule has 0 saturated heterocycles. The first-order valence-corrected chi connectivity index (χ1v) is 7.39. The van der Waals surface area contributed by atoms with Gasteiger partial charge in [-0.2, -0.15) is 5.48 Å². The lowest BCUT2D eigenvalue weighted by molar-refractivity contribution is -0.0905. The Morgan fingerprint density at radius 2 is 2.19 bits per heavy atom. The summed E-state index contributed by atoms with van der Waals surface area (Å²) in [6.45, 7) is 8.47. The van der Waals surface area contributed by atoms with E-state index in [1.807, 2.05) is 23.1 Å². The van der Waals surface area contributed by atoms with E-state index in [1.54, 1.807) is 0 Å². The van der Waals surface area contributed by atoms with Crippen molar-refractivity contribution in [3.63, 3.8) is 0 Å². The van der Waals surface area contributed by atoms with Gasteiger partial charge in [0.2, 0.25) is 0 Å². The number of nitrogens with one attached hydrogen (secondary N) is 1. The molecular formula is C12H19NOS2. The average Bonchev–Trinajstić information content (AvgIpc) is 2.60. The van der Waals surface area contributed by atoms with Gasteiger partial charge in [0.25, 0.3) is 0 Å². The zero-order valence-electron chi connectivity index (χ0n) is 10.2. The minimum absolute atomic E-state index is 0.135. The van der Waals surface area contributed by atoms with Crippen LogP contribution in [-0.2, 0) is 4.84 Å². The minimum atomic E-state index is -0.135. The van der Waals surface area contributed by atoms with Crippen LogP contribution in [0.25, 0.3) is 0 Å². The fourth-order valence-electron chi connectivity index (χ4n) is 1.71. The van der Waals surface area contributed by atoms with Crippen LogP contribution in [0.15, 0.2) is 15.7 Å². The fourth-order valence-corrected chi connectivity index (χ4v) is 4.28. The van der Waals surface area contributed by atoms with Gasteiger partial charge in [0.15, 0.2) is 0 Å². The predicted octanol–water partition coefficient (Wildman–Crippen LogP) is 3.99. The fraction of sp³-hybridized carbons (Fsp3) is 0.667. The molecule has 2 nitrogen and oxygen atoms in total. The molecule has 0 spiro atoms. The number of thiophene rings is 1. The second kappa shape index (κ2) is 4.69. The number of hydroxylamine groups is 1. The van der Waals surface area contributed by atoms with Crippen molar-refractivity contribution in [3.05, 3.63) is 17.0 Å². The van der Waals surface area contributed by atoms with Crippen LogP contribution in [0.3, 0.4) is 0 Å². The third kappa shape index (κ3) is 3.00. The third-order valence-corrected chi connectivity index (χ3v) is 4.76. The molecule has 4 heteroatoms. The lowest BCUT2D eigenvalue weighted by Gasteiger charge is -2.30. The Hall–Kier alpha value is -0.0300. The van der Waals surface area contributed by atoms with Crippen LogP contribution in [-0.4, -0.2) is 10.9 Å². The zero-order valence-corrected chi connectivity index (χ0v) is 11.9. The van der Waals surface area contributed by atoms with Crippen LogP contribution < -0.4 is 5.48 Å². The van der Waals surface area contributed by atoms with Gasteiger partial charge in [0, 0.05) is 5.25 Å². The molecule has 0 bridgehead atoms. The highest BCUT2D eigenvalue weighted by atomic mass is 32.2. The van der Waals surface area contributed by atoms with Crippen LogP contribution in [0, 0.1) is 0 Å². The quantitative estimate of drug-likeness (QED) is 0.809. The van der Waals surface area contributed by atoms with Crippen LogP contribution in [0.2, 0.25) is 0 Å². The van der Waals surface area contributed by atoms with Gasteiger partial charge in [-0.05, 0) is 44.2 Å². The molecule has 0 fully saturated rings. The first-order chi connectivity index (χ1) is 7.46. The second-order valence-electron chi connectivity index (χ2n) is 5.21. The van der Waals surface area contributed by atoms with Crippen molar-refractivity contribution in [2.45, 2.75) is 55.2 Å². The zero-order chi connectivity index (χ0) is 11.8. The second-order valence-corrected chi connectivity index (χ2v) is 7.84. The van der Waals surface area contributed by atoms with Gasteiger partial charge in [-0.25, -0.2) is 0 Å². The van der Waals surface area contributed by atoms with Crippen molar-refractivity contribution >= 4 is 23.1 Å². The van der Waals surface area contributed by atoms with E-state index in [2.05, 4.69) is 44.6 Å². The van der Waals surface area contributed by atoms with Crippen LogP contribution in [0.4, 0.5) is 0 Å². The van der Waals surface area contributed by atoms with E-state index in [0.29, 0.717) is 11.3 Å². The van der Waals surface area contributed by atoms with E-state index in [4.69, 9.17) is 4.84 Å². The molecule has 2 heterocycles. The summed E-state index contributed by atoms with van der Waals surface area (Å²) in [6.07, 6.45) is 1.13. The molecule has 1 aromatic rings. The van der Waals surface area contributed by atoms with Crippen molar-refractivity contribution in [3.8, 4) is 0 Å². The lowest BCUT2D eigenvalue weighted by Crippen LogP contribution is -2.34. The van der Waals surface area contributed by atoms with E-state index >= 15 is 0 Å². The Morgan fingerprint density at radius 1 is 1.44 bits per heavy atom. The highest BCUT2D eigenvalue weighted by molar-refractivity contribution is 8.01. The molecular weight excluding hydrogens is 238 g/mol. The lowest BCUT2D eigenvalue weighted by atomic mass is 10.1. The smallest absolute Gasteiger partial charge is 0.0813 e. The predicted molar refractivity (Wildman–Crippen MR) is 71.0 cm³/mol. The first kappa shape index (κ1) is 12.4. The highest BCUT2D eigenvalue weighted by Gasteiger charge is 2.27. The van der Waals surface area contributed by atoms with Crippen LogP contribution in [0.1, 0.15) is 45.7 Å². The maximum absolute atomic E-state index is 5.69. The molecule has 1 aliphatic rings. The summed E-state index contributed by atoms with van der Waals surface area (Å²) in [5, 5.41) is 2.83. The molecule has 16 heavy (non-hydrogen) atoms. The van der Waals surface area contributed by atoms with E-state index in [1.165, 1.54) is 9.77 Å². The summed E-state index contributed by atoms with van der Waals surface area (Å²) < 4.78 is 1.44. The first-order valence-electron chi connectivity index (χ1n) is 5.63. The summed E-state index contributed by atoms with van der Waals surface area (Å²) >= 11 is 3.81. The molecule has 0 saturated carbocycles. The Labute approximate surface area is 106 Å². The van der Waals surface area contributed by atoms with Gasteiger partial charge >= 0.3 is 0 Å². The maximum Gasteiger partial charge on any atom is 0.0813 e. The normalized spacial score (nSPS) is 25.5. The van der Waals surface area contributed by atoms with E-state index in [0.717, 1.165) is 6.42 Å². The van der Waals surface area contributed by atoms with Crippen molar-refractivity contribution < 1.29 is 4.84 Å². The monoisotopic (exact) mass is 257 g/mol. The standard InChI is InChI=1S/C12H19NOS2/c1-8-7-10(13-14-12(2,3)4)9-5-6-15-11(9)16-8/h5-6,8,10,13H,7H2,1-4H3/t8-,10?/m0/s1. The number of thioether (sulfide) groups is 1. The van der Waals surface area contributed by atoms with Gasteiger partial charge in [0.1, 0.15) is 0 Å². The summed E-state index contributed by atoms with van der Waals surface area (Å²) in [6, 6.07) is 2.56. The van der Waals surface area contributed by atoms with Crippen LogP contribution >= 0.6 is 23.1 Å². The summed E-state index contributed by atoms with van der Waals surface area (Å²) in [7, 11) is 0. The van der Waals surface area contributed by atoms with Gasteiger partial charge in [-0.3, -0.25) is 4.84 Å². The summed E-state index contributed by atoms with van der Waals surface area (Å²) in [5.41, 5.74) is 4.49. The molecule has 2 atom stereocenters. The van der Waals surface area contributed by atoms with Crippen molar-refractivity contribution in [1.29, 1.82) is 0 Å². The molecule has 1 unspecified atom stereocenters. The molecule has 0 amide bonds. The third-order valence-electron chi connectivity index (χ3n) is 2.42. The molecule has 1 aliphatic heterocycles. The molecule has 0 aliphatic carbocycles. The number of rotatable bonds is 2. The molecule has 2 rings (SSSR count). The van der Waals surface area contributed by atoms with Gasteiger partial charge in [0.05, 0.1) is 15.9 Å². The van der Waals surface area contributed by atoms with E-state index < -0.39 is 0 Å². The van der Waals surface area contributed by atoms with E-state index in [-0.39, 0.29) is 5.60 Å².